The Hall–Kier alpha value is -4.73. The second-order valence-corrected chi connectivity index (χ2v) is 9.22. The molecule has 1 aliphatic rings. The first-order valence-electron chi connectivity index (χ1n) is 12.6. The van der Waals surface area contributed by atoms with Crippen LogP contribution in [0.5, 0.6) is 17.4 Å². The number of carbonyl (C=O) groups is 1. The molecular formula is C29H30N6O4. The highest BCUT2D eigenvalue weighted by Gasteiger charge is 2.25. The molecule has 0 spiro atoms. The van der Waals surface area contributed by atoms with Gasteiger partial charge in [-0.05, 0) is 50.1 Å². The maximum absolute atomic E-state index is 13.2. The number of amides is 1. The van der Waals surface area contributed by atoms with E-state index in [1.807, 2.05) is 30.0 Å². The first kappa shape index (κ1) is 25.9. The van der Waals surface area contributed by atoms with Gasteiger partial charge in [-0.25, -0.2) is 4.98 Å². The minimum absolute atomic E-state index is 0.107. The van der Waals surface area contributed by atoms with Crippen molar-refractivity contribution in [2.45, 2.75) is 33.4 Å². The molecule has 0 atom stereocenters. The van der Waals surface area contributed by atoms with E-state index in [1.54, 1.807) is 26.6 Å². The normalized spacial score (nSPS) is 12.2. The minimum Gasteiger partial charge on any atom is -0.497 e. The number of benzene rings is 2. The molecule has 10 nitrogen and oxygen atoms in total. The van der Waals surface area contributed by atoms with E-state index in [1.165, 1.54) is 17.3 Å². The first-order valence-corrected chi connectivity index (χ1v) is 12.6. The van der Waals surface area contributed by atoms with Crippen LogP contribution in [0.2, 0.25) is 0 Å². The maximum Gasteiger partial charge on any atom is 0.258 e. The third-order valence-electron chi connectivity index (χ3n) is 6.47. The molecule has 0 radical (unpaired) electrons. The van der Waals surface area contributed by atoms with Crippen LogP contribution in [0.1, 0.15) is 38.4 Å². The first-order chi connectivity index (χ1) is 18.9. The molecule has 1 N–H and O–H groups in total. The highest BCUT2D eigenvalue weighted by molar-refractivity contribution is 5.96. The Morgan fingerprint density at radius 2 is 1.87 bits per heavy atom. The Labute approximate surface area is 227 Å². The molecule has 4 aromatic rings. The summed E-state index contributed by atoms with van der Waals surface area (Å²) in [6.07, 6.45) is 5.68. The van der Waals surface area contributed by atoms with Crippen molar-refractivity contribution in [2.75, 3.05) is 25.7 Å². The highest BCUT2D eigenvalue weighted by atomic mass is 16.5. The van der Waals surface area contributed by atoms with Crippen LogP contribution in [-0.4, -0.2) is 46.6 Å². The van der Waals surface area contributed by atoms with Gasteiger partial charge in [0, 0.05) is 30.2 Å². The number of carbonyl (C=O) groups excluding carboxylic acids is 1. The van der Waals surface area contributed by atoms with Crippen molar-refractivity contribution in [3.8, 4) is 17.4 Å². The zero-order chi connectivity index (χ0) is 27.4. The molecule has 200 valence electrons. The summed E-state index contributed by atoms with van der Waals surface area (Å²) in [5.74, 6) is 1.55. The number of fused-ring (bicyclic) bond motifs is 1. The van der Waals surface area contributed by atoms with E-state index >= 15 is 0 Å². The molecular weight excluding hydrogens is 496 g/mol. The zero-order valence-electron chi connectivity index (χ0n) is 22.4. The number of aryl methyl sites for hydroxylation is 2. The molecule has 1 aliphatic heterocycles. The molecule has 2 aromatic heterocycles. The molecule has 1 amide bonds. The van der Waals surface area contributed by atoms with Crippen LogP contribution in [0.3, 0.4) is 0 Å². The third kappa shape index (κ3) is 5.74. The standard InChI is InChI=1S/C29H30N6O4/c1-18-5-7-25-20(11-18)9-10-35(25)29-33-16-24(27(36)32-15-22-14-30-19(2)13-31-22)28(34-29)39-17-21-12-23(37-3)6-8-26(21)38-4/h5-8,11-14,16H,9-10,15,17H2,1-4H3,(H,32,36). The SMILES string of the molecule is COc1ccc(OC)c(COc2nc(N3CCc4cc(C)ccc43)ncc2C(=O)NCc2cnc(C)cn2)c1. The van der Waals surface area contributed by atoms with Crippen LogP contribution in [0.25, 0.3) is 0 Å². The van der Waals surface area contributed by atoms with E-state index in [0.29, 0.717) is 23.1 Å². The van der Waals surface area contributed by atoms with Crippen molar-refractivity contribution in [3.63, 3.8) is 0 Å². The van der Waals surface area contributed by atoms with E-state index in [2.05, 4.69) is 45.4 Å². The number of anilines is 2. The Morgan fingerprint density at radius 3 is 2.64 bits per heavy atom. The molecule has 0 bridgehead atoms. The molecule has 39 heavy (non-hydrogen) atoms. The highest BCUT2D eigenvalue weighted by Crippen LogP contribution is 2.34. The number of methoxy groups -OCH3 is 2. The van der Waals surface area contributed by atoms with Gasteiger partial charge in [-0.15, -0.1) is 0 Å². The van der Waals surface area contributed by atoms with Gasteiger partial charge in [0.1, 0.15) is 23.7 Å². The Kier molecular flexibility index (Phi) is 7.53. The van der Waals surface area contributed by atoms with Gasteiger partial charge in [0.05, 0.1) is 38.3 Å². The van der Waals surface area contributed by atoms with Crippen molar-refractivity contribution in [2.24, 2.45) is 0 Å². The smallest absolute Gasteiger partial charge is 0.258 e. The summed E-state index contributed by atoms with van der Waals surface area (Å²) < 4.78 is 17.0. The van der Waals surface area contributed by atoms with Crippen LogP contribution in [-0.2, 0) is 19.6 Å². The lowest BCUT2D eigenvalue weighted by Crippen LogP contribution is -2.25. The lowest BCUT2D eigenvalue weighted by molar-refractivity contribution is 0.0944. The number of hydrogen-bond donors (Lipinski definition) is 1. The molecule has 0 unspecified atom stereocenters. The Morgan fingerprint density at radius 1 is 1.00 bits per heavy atom. The van der Waals surface area contributed by atoms with Crippen LogP contribution in [0.4, 0.5) is 11.6 Å². The van der Waals surface area contributed by atoms with Gasteiger partial charge < -0.3 is 24.4 Å². The zero-order valence-corrected chi connectivity index (χ0v) is 22.4. The predicted molar refractivity (Wildman–Crippen MR) is 146 cm³/mol. The number of rotatable bonds is 9. The van der Waals surface area contributed by atoms with Gasteiger partial charge in [-0.2, -0.15) is 4.98 Å². The van der Waals surface area contributed by atoms with Crippen molar-refractivity contribution < 1.29 is 19.0 Å². The summed E-state index contributed by atoms with van der Waals surface area (Å²) >= 11 is 0. The third-order valence-corrected chi connectivity index (χ3v) is 6.47. The van der Waals surface area contributed by atoms with Crippen LogP contribution >= 0.6 is 0 Å². The fraction of sp³-hybridized carbons (Fsp3) is 0.276. The summed E-state index contributed by atoms with van der Waals surface area (Å²) in [5, 5.41) is 2.87. The Balaban J connectivity index is 1.44. The van der Waals surface area contributed by atoms with E-state index in [4.69, 9.17) is 19.2 Å². The lowest BCUT2D eigenvalue weighted by Gasteiger charge is -2.19. The van der Waals surface area contributed by atoms with Crippen LogP contribution < -0.4 is 24.4 Å². The summed E-state index contributed by atoms with van der Waals surface area (Å²) in [6, 6.07) is 11.8. The molecule has 0 aliphatic carbocycles. The van der Waals surface area contributed by atoms with Gasteiger partial charge in [-0.1, -0.05) is 17.7 Å². The van der Waals surface area contributed by atoms with Crippen molar-refractivity contribution >= 4 is 17.5 Å². The molecule has 0 saturated heterocycles. The van der Waals surface area contributed by atoms with Gasteiger partial charge in [0.2, 0.25) is 11.8 Å². The topological polar surface area (TPSA) is 112 Å². The van der Waals surface area contributed by atoms with Gasteiger partial charge in [-0.3, -0.25) is 14.8 Å². The van der Waals surface area contributed by atoms with E-state index in [-0.39, 0.29) is 30.5 Å². The lowest BCUT2D eigenvalue weighted by atomic mass is 10.1. The van der Waals surface area contributed by atoms with Crippen LogP contribution in [0.15, 0.2) is 55.0 Å². The molecule has 10 heteroatoms. The average molecular weight is 527 g/mol. The monoisotopic (exact) mass is 526 g/mol. The Bertz CT molecular complexity index is 1490. The van der Waals surface area contributed by atoms with Crippen molar-refractivity contribution in [1.29, 1.82) is 0 Å². The van der Waals surface area contributed by atoms with Crippen molar-refractivity contribution in [1.82, 2.24) is 25.3 Å². The number of nitrogens with zero attached hydrogens (tertiary/aromatic N) is 5. The molecule has 0 fully saturated rings. The fourth-order valence-electron chi connectivity index (χ4n) is 4.41. The number of aromatic nitrogens is 4. The molecule has 2 aromatic carbocycles. The predicted octanol–water partition coefficient (Wildman–Crippen LogP) is 4.10. The van der Waals surface area contributed by atoms with E-state index in [9.17, 15) is 4.79 Å². The number of ether oxygens (including phenoxy) is 3. The van der Waals surface area contributed by atoms with Crippen LogP contribution in [0, 0.1) is 13.8 Å². The van der Waals surface area contributed by atoms with Gasteiger partial charge in [0.25, 0.3) is 5.91 Å². The van der Waals surface area contributed by atoms with Gasteiger partial charge in [0.15, 0.2) is 0 Å². The summed E-state index contributed by atoms with van der Waals surface area (Å²) in [6.45, 7) is 4.98. The maximum atomic E-state index is 13.2. The van der Waals surface area contributed by atoms with Gasteiger partial charge >= 0.3 is 0 Å². The second kappa shape index (κ2) is 11.3. The molecule has 5 rings (SSSR count). The van der Waals surface area contributed by atoms with E-state index < -0.39 is 0 Å². The molecule has 0 saturated carbocycles. The summed E-state index contributed by atoms with van der Waals surface area (Å²) in [4.78, 5) is 33.1. The largest absolute Gasteiger partial charge is 0.497 e. The summed E-state index contributed by atoms with van der Waals surface area (Å²) in [5.41, 5.74) is 5.90. The second-order valence-electron chi connectivity index (χ2n) is 9.22. The summed E-state index contributed by atoms with van der Waals surface area (Å²) in [7, 11) is 3.19. The number of hydrogen-bond acceptors (Lipinski definition) is 9. The molecule has 3 heterocycles. The minimum atomic E-state index is -0.381. The quantitative estimate of drug-likeness (QED) is 0.344. The van der Waals surface area contributed by atoms with Crippen molar-refractivity contribution in [3.05, 3.63) is 88.6 Å². The average Bonchev–Trinajstić information content (AvgIpc) is 3.38. The fourth-order valence-corrected chi connectivity index (χ4v) is 4.41. The number of nitrogens with one attached hydrogen (secondary N) is 1. The van der Waals surface area contributed by atoms with E-state index in [0.717, 1.165) is 29.9 Å².